The Morgan fingerprint density at radius 3 is 2.28 bits per heavy atom. The van der Waals surface area contributed by atoms with Crippen LogP contribution >= 0.6 is 11.8 Å². The van der Waals surface area contributed by atoms with Gasteiger partial charge in [0, 0.05) is 50.5 Å². The second kappa shape index (κ2) is 11.9. The van der Waals surface area contributed by atoms with Crippen molar-refractivity contribution in [3.63, 3.8) is 0 Å². The van der Waals surface area contributed by atoms with Gasteiger partial charge in [-0.3, -0.25) is 9.59 Å². The first-order chi connectivity index (χ1) is 15.5. The average Bonchev–Trinajstić information content (AvgIpc) is 2.80. The number of amides is 2. The molecule has 0 saturated heterocycles. The zero-order valence-electron chi connectivity index (χ0n) is 18.2. The molecule has 0 atom stereocenters. The maximum atomic E-state index is 12.3. The van der Waals surface area contributed by atoms with Crippen LogP contribution in [0.4, 0.5) is 11.6 Å². The van der Waals surface area contributed by atoms with E-state index in [1.165, 1.54) is 18.7 Å². The van der Waals surface area contributed by atoms with Crippen molar-refractivity contribution in [2.75, 3.05) is 49.2 Å². The normalized spacial score (nSPS) is 13.2. The summed E-state index contributed by atoms with van der Waals surface area (Å²) in [6.45, 7) is 5.89. The maximum absolute atomic E-state index is 12.3. The van der Waals surface area contributed by atoms with E-state index in [1.807, 2.05) is 37.3 Å². The van der Waals surface area contributed by atoms with Crippen LogP contribution in [0.2, 0.25) is 0 Å². The molecule has 170 valence electrons. The van der Waals surface area contributed by atoms with Crippen LogP contribution in [0.1, 0.15) is 13.8 Å². The molecule has 3 rings (SSSR count). The van der Waals surface area contributed by atoms with E-state index < -0.39 is 0 Å². The second-order valence-electron chi connectivity index (χ2n) is 7.00. The highest BCUT2D eigenvalue weighted by molar-refractivity contribution is 8.04. The molecular formula is C22H28N6O3S. The van der Waals surface area contributed by atoms with Crippen molar-refractivity contribution in [3.8, 4) is 11.4 Å². The van der Waals surface area contributed by atoms with Crippen molar-refractivity contribution in [3.05, 3.63) is 47.1 Å². The summed E-state index contributed by atoms with van der Waals surface area (Å²) in [5.41, 5.74) is 0.895. The number of carbonyl (C=O) groups excluding carboxylic acids is 2. The molecule has 0 aliphatic carbocycles. The fraction of sp³-hybridized carbons (Fsp3) is 0.364. The molecule has 0 fully saturated rings. The van der Waals surface area contributed by atoms with Crippen molar-refractivity contribution in [1.82, 2.24) is 20.6 Å². The average molecular weight is 457 g/mol. The van der Waals surface area contributed by atoms with Crippen LogP contribution in [0.5, 0.6) is 0 Å². The smallest absolute Gasteiger partial charge is 0.261 e. The van der Waals surface area contributed by atoms with Gasteiger partial charge in [-0.2, -0.15) is 0 Å². The van der Waals surface area contributed by atoms with Gasteiger partial charge in [0.15, 0.2) is 5.82 Å². The predicted octanol–water partition coefficient (Wildman–Crippen LogP) is 2.21. The van der Waals surface area contributed by atoms with E-state index in [-0.39, 0.29) is 11.8 Å². The number of hydrogen-bond acceptors (Lipinski definition) is 8. The number of aromatic nitrogens is 2. The van der Waals surface area contributed by atoms with E-state index in [4.69, 9.17) is 4.74 Å². The molecule has 1 aromatic heterocycles. The minimum atomic E-state index is -0.123. The zero-order chi connectivity index (χ0) is 22.8. The Kier molecular flexibility index (Phi) is 8.73. The third-order valence-electron chi connectivity index (χ3n) is 4.45. The molecule has 10 heteroatoms. The number of thioether (sulfide) groups is 1. The predicted molar refractivity (Wildman–Crippen MR) is 127 cm³/mol. The third kappa shape index (κ3) is 7.16. The van der Waals surface area contributed by atoms with Gasteiger partial charge in [-0.05, 0) is 6.92 Å². The highest BCUT2D eigenvalue weighted by Crippen LogP contribution is 2.25. The molecule has 32 heavy (non-hydrogen) atoms. The number of hydrogen-bond donors (Lipinski definition) is 4. The van der Waals surface area contributed by atoms with E-state index in [2.05, 4.69) is 31.2 Å². The molecule has 2 aromatic rings. The van der Waals surface area contributed by atoms with Gasteiger partial charge >= 0.3 is 0 Å². The number of nitrogens with one attached hydrogen (secondary N) is 4. The standard InChI is InChI=1S/C22H28N6O3S/c1-15-20(32-13-12-31-15)22(30)26-11-10-25-19-14-18(24-9-8-23-16(2)29)27-21(28-19)17-6-4-3-5-7-17/h3-7,14H,8-13H2,1-2H3,(H,23,29)(H,26,30)(H2,24,25,27,28). The molecule has 2 amide bonds. The van der Waals surface area contributed by atoms with Crippen LogP contribution in [-0.4, -0.2) is 60.3 Å². The van der Waals surface area contributed by atoms with Crippen LogP contribution in [0.15, 0.2) is 47.1 Å². The van der Waals surface area contributed by atoms with Crippen LogP contribution in [-0.2, 0) is 14.3 Å². The molecule has 1 aliphatic rings. The Morgan fingerprint density at radius 2 is 1.66 bits per heavy atom. The van der Waals surface area contributed by atoms with Crippen molar-refractivity contribution in [2.45, 2.75) is 13.8 Å². The number of ether oxygens (including phenoxy) is 1. The molecule has 0 radical (unpaired) electrons. The summed E-state index contributed by atoms with van der Waals surface area (Å²) in [6.07, 6.45) is 0. The number of nitrogens with zero attached hydrogens (tertiary/aromatic N) is 2. The lowest BCUT2D eigenvalue weighted by Crippen LogP contribution is -2.31. The molecule has 0 bridgehead atoms. The van der Waals surface area contributed by atoms with E-state index >= 15 is 0 Å². The summed E-state index contributed by atoms with van der Waals surface area (Å²) in [6, 6.07) is 11.5. The topological polar surface area (TPSA) is 117 Å². The van der Waals surface area contributed by atoms with Crippen molar-refractivity contribution >= 4 is 35.2 Å². The Bertz CT molecular complexity index is 967. The SMILES string of the molecule is CC(=O)NCCNc1cc(NCCNC(=O)C2=C(C)OCCS2)nc(-c2ccccc2)n1. The summed E-state index contributed by atoms with van der Waals surface area (Å²) < 4.78 is 5.44. The molecule has 1 aliphatic heterocycles. The maximum Gasteiger partial charge on any atom is 0.261 e. The van der Waals surface area contributed by atoms with Gasteiger partial charge in [-0.15, -0.1) is 11.8 Å². The summed E-state index contributed by atoms with van der Waals surface area (Å²) in [7, 11) is 0. The molecule has 2 heterocycles. The minimum absolute atomic E-state index is 0.0759. The largest absolute Gasteiger partial charge is 0.496 e. The fourth-order valence-electron chi connectivity index (χ4n) is 2.95. The Balaban J connectivity index is 1.60. The summed E-state index contributed by atoms with van der Waals surface area (Å²) >= 11 is 1.51. The molecule has 0 unspecified atom stereocenters. The molecular weight excluding hydrogens is 428 g/mol. The molecule has 4 N–H and O–H groups in total. The summed E-state index contributed by atoms with van der Waals surface area (Å²) in [5, 5.41) is 12.1. The van der Waals surface area contributed by atoms with Crippen LogP contribution < -0.4 is 21.3 Å². The number of anilines is 2. The highest BCUT2D eigenvalue weighted by atomic mass is 32.2. The molecule has 9 nitrogen and oxygen atoms in total. The molecule has 0 spiro atoms. The zero-order valence-corrected chi connectivity index (χ0v) is 19.1. The Hall–Kier alpha value is -3.27. The summed E-state index contributed by atoms with van der Waals surface area (Å²) in [4.78, 5) is 33.2. The quantitative estimate of drug-likeness (QED) is 0.402. The van der Waals surface area contributed by atoms with Gasteiger partial charge < -0.3 is 26.0 Å². The lowest BCUT2D eigenvalue weighted by atomic mass is 10.2. The Morgan fingerprint density at radius 1 is 1.00 bits per heavy atom. The first-order valence-electron chi connectivity index (χ1n) is 10.4. The Labute approximate surface area is 191 Å². The highest BCUT2D eigenvalue weighted by Gasteiger charge is 2.18. The van der Waals surface area contributed by atoms with Gasteiger partial charge in [0.1, 0.15) is 22.3 Å². The van der Waals surface area contributed by atoms with E-state index in [1.54, 1.807) is 6.07 Å². The van der Waals surface area contributed by atoms with E-state index in [0.717, 1.165) is 11.3 Å². The van der Waals surface area contributed by atoms with Crippen LogP contribution in [0.3, 0.4) is 0 Å². The monoisotopic (exact) mass is 456 g/mol. The number of benzene rings is 1. The lowest BCUT2D eigenvalue weighted by Gasteiger charge is -2.18. The molecule has 1 aromatic carbocycles. The minimum Gasteiger partial charge on any atom is -0.496 e. The van der Waals surface area contributed by atoms with Crippen molar-refractivity contribution in [2.24, 2.45) is 0 Å². The van der Waals surface area contributed by atoms with Gasteiger partial charge in [-0.1, -0.05) is 30.3 Å². The first kappa shape index (κ1) is 23.4. The van der Waals surface area contributed by atoms with Crippen molar-refractivity contribution in [1.29, 1.82) is 0 Å². The lowest BCUT2D eigenvalue weighted by molar-refractivity contribution is -0.119. The molecule has 0 saturated carbocycles. The van der Waals surface area contributed by atoms with Crippen LogP contribution in [0.25, 0.3) is 11.4 Å². The second-order valence-corrected chi connectivity index (χ2v) is 8.11. The van der Waals surface area contributed by atoms with Gasteiger partial charge in [0.05, 0.1) is 6.61 Å². The van der Waals surface area contributed by atoms with Gasteiger partial charge in [0.2, 0.25) is 5.91 Å². The first-order valence-corrected chi connectivity index (χ1v) is 11.4. The summed E-state index contributed by atoms with van der Waals surface area (Å²) in [5.74, 6) is 3.12. The van der Waals surface area contributed by atoms with Gasteiger partial charge in [0.25, 0.3) is 5.91 Å². The number of carbonyl (C=O) groups is 2. The third-order valence-corrected chi connectivity index (χ3v) is 5.59. The van der Waals surface area contributed by atoms with Gasteiger partial charge in [-0.25, -0.2) is 9.97 Å². The number of allylic oxidation sites excluding steroid dienone is 1. The van der Waals surface area contributed by atoms with E-state index in [0.29, 0.717) is 60.9 Å². The fourth-order valence-corrected chi connectivity index (χ4v) is 3.79. The van der Waals surface area contributed by atoms with Crippen LogP contribution in [0, 0.1) is 0 Å². The number of rotatable bonds is 10. The van der Waals surface area contributed by atoms with E-state index in [9.17, 15) is 9.59 Å². The van der Waals surface area contributed by atoms with Crippen molar-refractivity contribution < 1.29 is 14.3 Å².